The van der Waals surface area contributed by atoms with Crippen molar-refractivity contribution in [3.05, 3.63) is 23.8 Å². The van der Waals surface area contributed by atoms with Crippen molar-refractivity contribution in [1.29, 1.82) is 0 Å². The predicted octanol–water partition coefficient (Wildman–Crippen LogP) is 1.61. The number of nitrogens with two attached hydrogens (primary N) is 1. The number of nitrogen functional groups attached to an aromatic ring is 1. The maximum atomic E-state index is 12.2. The molecule has 62 valence electrons. The molecule has 3 N–H and O–H groups in total. The molecule has 0 amide bonds. The van der Waals surface area contributed by atoms with Crippen molar-refractivity contribution in [3.63, 3.8) is 0 Å². The third-order valence-electron chi connectivity index (χ3n) is 1.81. The van der Waals surface area contributed by atoms with E-state index in [1.165, 1.54) is 0 Å². The second-order valence-electron chi connectivity index (χ2n) is 2.62. The van der Waals surface area contributed by atoms with Gasteiger partial charge in [-0.1, -0.05) is 6.07 Å². The van der Waals surface area contributed by atoms with Gasteiger partial charge < -0.3 is 5.73 Å². The van der Waals surface area contributed by atoms with Gasteiger partial charge in [-0.25, -0.2) is 4.39 Å². The first kappa shape index (κ1) is 7.09. The highest BCUT2D eigenvalue weighted by Gasteiger charge is 2.01. The number of alkyl halides is 1. The van der Waals surface area contributed by atoms with E-state index in [0.29, 0.717) is 11.4 Å². The van der Waals surface area contributed by atoms with Gasteiger partial charge in [0, 0.05) is 5.39 Å². The summed E-state index contributed by atoms with van der Waals surface area (Å²) in [5.74, 6) is 0.417. The summed E-state index contributed by atoms with van der Waals surface area (Å²) >= 11 is 0. The molecule has 3 nitrogen and oxygen atoms in total. The summed E-state index contributed by atoms with van der Waals surface area (Å²) < 4.78 is 12.2. The molecule has 0 saturated heterocycles. The Morgan fingerprint density at radius 2 is 2.33 bits per heavy atom. The summed E-state index contributed by atoms with van der Waals surface area (Å²) in [6.07, 6.45) is 0. The number of aromatic nitrogens is 2. The van der Waals surface area contributed by atoms with Gasteiger partial charge in [0.25, 0.3) is 0 Å². The van der Waals surface area contributed by atoms with Gasteiger partial charge in [0.05, 0.1) is 5.52 Å². The number of benzene rings is 1. The summed E-state index contributed by atoms with van der Waals surface area (Å²) in [4.78, 5) is 0. The van der Waals surface area contributed by atoms with E-state index in [-0.39, 0.29) is 0 Å². The number of aromatic amines is 1. The average Bonchev–Trinajstić information content (AvgIpc) is 2.47. The fourth-order valence-electron chi connectivity index (χ4n) is 1.16. The van der Waals surface area contributed by atoms with Crippen molar-refractivity contribution < 1.29 is 4.39 Å². The van der Waals surface area contributed by atoms with Gasteiger partial charge in [0.2, 0.25) is 0 Å². The summed E-state index contributed by atoms with van der Waals surface area (Å²) in [7, 11) is 0. The van der Waals surface area contributed by atoms with E-state index in [1.54, 1.807) is 18.2 Å². The molecule has 1 heterocycles. The zero-order chi connectivity index (χ0) is 8.55. The molecule has 0 aliphatic rings. The molecule has 0 aliphatic heterocycles. The summed E-state index contributed by atoms with van der Waals surface area (Å²) in [5, 5.41) is 7.33. The molecule has 12 heavy (non-hydrogen) atoms. The highest BCUT2D eigenvalue weighted by molar-refractivity contribution is 5.88. The van der Waals surface area contributed by atoms with Crippen LogP contribution >= 0.6 is 0 Å². The van der Waals surface area contributed by atoms with Crippen LogP contribution in [-0.4, -0.2) is 10.2 Å². The highest BCUT2D eigenvalue weighted by Crippen LogP contribution is 2.19. The Hall–Kier alpha value is -1.58. The van der Waals surface area contributed by atoms with E-state index >= 15 is 0 Å². The number of rotatable bonds is 1. The molecule has 2 aromatic rings. The smallest absolute Gasteiger partial charge is 0.153 e. The number of hydrogen-bond acceptors (Lipinski definition) is 2. The second-order valence-corrected chi connectivity index (χ2v) is 2.62. The zero-order valence-corrected chi connectivity index (χ0v) is 6.34. The second kappa shape index (κ2) is 2.48. The lowest BCUT2D eigenvalue weighted by Crippen LogP contribution is -1.84. The Morgan fingerprint density at radius 1 is 1.50 bits per heavy atom. The molecule has 0 bridgehead atoms. The van der Waals surface area contributed by atoms with Crippen LogP contribution in [0.5, 0.6) is 0 Å². The molecule has 1 aromatic carbocycles. The fraction of sp³-hybridized carbons (Fsp3) is 0.125. The Labute approximate surface area is 68.4 Å². The molecule has 1 aromatic heterocycles. The Morgan fingerprint density at radius 3 is 3.08 bits per heavy atom. The van der Waals surface area contributed by atoms with E-state index in [0.717, 1.165) is 10.9 Å². The standard InChI is InChI=1S/C8H8FN3/c9-4-5-1-2-7-6(3-5)8(10)12-11-7/h1-3H,4H2,(H3,10,11,12). The molecule has 0 atom stereocenters. The third kappa shape index (κ3) is 0.922. The minimum atomic E-state index is -0.472. The molecular weight excluding hydrogens is 157 g/mol. The molecule has 0 spiro atoms. The van der Waals surface area contributed by atoms with Crippen LogP contribution in [0.25, 0.3) is 10.9 Å². The largest absolute Gasteiger partial charge is 0.382 e. The van der Waals surface area contributed by atoms with Crippen molar-refractivity contribution in [2.75, 3.05) is 5.73 Å². The number of nitrogens with zero attached hydrogens (tertiary/aromatic N) is 1. The lowest BCUT2D eigenvalue weighted by atomic mass is 10.2. The average molecular weight is 165 g/mol. The number of hydrogen-bond donors (Lipinski definition) is 2. The first-order valence-electron chi connectivity index (χ1n) is 3.59. The molecule has 0 radical (unpaired) electrons. The first-order valence-corrected chi connectivity index (χ1v) is 3.59. The van der Waals surface area contributed by atoms with Gasteiger partial charge in [-0.15, -0.1) is 0 Å². The highest BCUT2D eigenvalue weighted by atomic mass is 19.1. The van der Waals surface area contributed by atoms with Crippen LogP contribution in [0.4, 0.5) is 10.2 Å². The van der Waals surface area contributed by atoms with Crippen LogP contribution in [0, 0.1) is 0 Å². The van der Waals surface area contributed by atoms with Gasteiger partial charge in [-0.05, 0) is 17.7 Å². The number of H-pyrrole nitrogens is 1. The molecule has 0 saturated carbocycles. The topological polar surface area (TPSA) is 54.7 Å². The number of fused-ring (bicyclic) bond motifs is 1. The minimum Gasteiger partial charge on any atom is -0.382 e. The van der Waals surface area contributed by atoms with Crippen molar-refractivity contribution in [2.24, 2.45) is 0 Å². The maximum Gasteiger partial charge on any atom is 0.153 e. The Bertz CT molecular complexity index is 408. The SMILES string of the molecule is Nc1n[nH]c2ccc(CF)cc12. The summed E-state index contributed by atoms with van der Waals surface area (Å²) in [6, 6.07) is 5.18. The Balaban J connectivity index is 2.71. The number of nitrogens with one attached hydrogen (secondary N) is 1. The van der Waals surface area contributed by atoms with E-state index in [4.69, 9.17) is 5.73 Å². The molecule has 0 unspecified atom stereocenters. The van der Waals surface area contributed by atoms with E-state index in [1.807, 2.05) is 0 Å². The van der Waals surface area contributed by atoms with Gasteiger partial charge in [-0.2, -0.15) is 5.10 Å². The monoisotopic (exact) mass is 165 g/mol. The molecule has 0 aliphatic carbocycles. The van der Waals surface area contributed by atoms with Crippen LogP contribution in [0.15, 0.2) is 18.2 Å². The third-order valence-corrected chi connectivity index (χ3v) is 1.81. The first-order chi connectivity index (χ1) is 5.81. The molecular formula is C8H8FN3. The lowest BCUT2D eigenvalue weighted by molar-refractivity contribution is 0.485. The van der Waals surface area contributed by atoms with Gasteiger partial charge >= 0.3 is 0 Å². The van der Waals surface area contributed by atoms with Crippen LogP contribution < -0.4 is 5.73 Å². The lowest BCUT2D eigenvalue weighted by Gasteiger charge is -1.93. The van der Waals surface area contributed by atoms with E-state index in [9.17, 15) is 4.39 Å². The predicted molar refractivity (Wildman–Crippen MR) is 45.3 cm³/mol. The fourth-order valence-corrected chi connectivity index (χ4v) is 1.16. The van der Waals surface area contributed by atoms with Gasteiger partial charge in [0.1, 0.15) is 6.67 Å². The zero-order valence-electron chi connectivity index (χ0n) is 6.34. The number of halogens is 1. The van der Waals surface area contributed by atoms with Gasteiger partial charge in [-0.3, -0.25) is 5.10 Å². The molecule has 2 rings (SSSR count). The van der Waals surface area contributed by atoms with E-state index in [2.05, 4.69) is 10.2 Å². The van der Waals surface area contributed by atoms with Crippen LogP contribution in [-0.2, 0) is 6.67 Å². The molecule has 0 fully saturated rings. The van der Waals surface area contributed by atoms with Gasteiger partial charge in [0.15, 0.2) is 5.82 Å². The summed E-state index contributed by atoms with van der Waals surface area (Å²) in [5.41, 5.74) is 6.99. The van der Waals surface area contributed by atoms with Crippen LogP contribution in [0.2, 0.25) is 0 Å². The van der Waals surface area contributed by atoms with Crippen LogP contribution in [0.3, 0.4) is 0 Å². The number of anilines is 1. The van der Waals surface area contributed by atoms with Crippen molar-refractivity contribution >= 4 is 16.7 Å². The summed E-state index contributed by atoms with van der Waals surface area (Å²) in [6.45, 7) is -0.472. The van der Waals surface area contributed by atoms with Crippen LogP contribution in [0.1, 0.15) is 5.56 Å². The normalized spacial score (nSPS) is 10.8. The molecule has 4 heteroatoms. The Kier molecular flexibility index (Phi) is 1.46. The van der Waals surface area contributed by atoms with Crippen molar-refractivity contribution in [2.45, 2.75) is 6.67 Å². The minimum absolute atomic E-state index is 0.417. The maximum absolute atomic E-state index is 12.2. The van der Waals surface area contributed by atoms with Crippen molar-refractivity contribution in [1.82, 2.24) is 10.2 Å². The van der Waals surface area contributed by atoms with Crippen molar-refractivity contribution in [3.8, 4) is 0 Å². The van der Waals surface area contributed by atoms with E-state index < -0.39 is 6.67 Å². The quantitative estimate of drug-likeness (QED) is 0.674.